The lowest BCUT2D eigenvalue weighted by atomic mass is 10.2. The topological polar surface area (TPSA) is 52.6 Å². The second-order valence-electron chi connectivity index (χ2n) is 5.59. The molecule has 0 bridgehead atoms. The molecule has 4 nitrogen and oxygen atoms in total. The van der Waals surface area contributed by atoms with E-state index >= 15 is 0 Å². The lowest BCUT2D eigenvalue weighted by Gasteiger charge is -2.08. The minimum absolute atomic E-state index is 0.256. The molecule has 0 aliphatic rings. The van der Waals surface area contributed by atoms with Crippen LogP contribution in [0.1, 0.15) is 6.92 Å². The molecule has 0 aliphatic heterocycles. The molecule has 0 N–H and O–H groups in total. The van der Waals surface area contributed by atoms with Crippen LogP contribution < -0.4 is 9.47 Å². The Hall–Kier alpha value is -3.84. The predicted octanol–water partition coefficient (Wildman–Crippen LogP) is 5.34. The Morgan fingerprint density at radius 3 is 1.15 bits per heavy atom. The number of hydrogen-bond acceptors (Lipinski definition) is 4. The lowest BCUT2D eigenvalue weighted by molar-refractivity contribution is -0.131. The van der Waals surface area contributed by atoms with Gasteiger partial charge in [-0.05, 0) is 6.92 Å². The van der Waals surface area contributed by atoms with Crippen LogP contribution in [0.2, 0.25) is 0 Å². The fourth-order valence-electron chi connectivity index (χ4n) is 1.67. The van der Waals surface area contributed by atoms with Crippen LogP contribution >= 0.6 is 0 Å². The fraction of sp³-hybridized carbons (Fsp3) is 0.0526. The number of carbonyl (C=O) groups excluding carboxylic acids is 2. The van der Waals surface area contributed by atoms with Crippen molar-refractivity contribution in [2.24, 2.45) is 0 Å². The summed E-state index contributed by atoms with van der Waals surface area (Å²) in [7, 11) is 0. The molecular formula is C19H8F10O4. The maximum Gasteiger partial charge on any atom is 0.338 e. The van der Waals surface area contributed by atoms with Crippen molar-refractivity contribution in [2.75, 3.05) is 0 Å². The van der Waals surface area contributed by atoms with Gasteiger partial charge < -0.3 is 9.47 Å². The van der Waals surface area contributed by atoms with Crippen LogP contribution in [0.4, 0.5) is 43.9 Å². The van der Waals surface area contributed by atoms with E-state index in [1.165, 1.54) is 0 Å². The van der Waals surface area contributed by atoms with Gasteiger partial charge in [-0.25, -0.2) is 35.9 Å². The molecule has 2 aromatic rings. The largest absolute Gasteiger partial charge is 0.417 e. The normalized spacial score (nSPS) is 10.2. The molecule has 33 heavy (non-hydrogen) atoms. The van der Waals surface area contributed by atoms with Gasteiger partial charge in [-0.15, -0.1) is 0 Å². The molecule has 0 amide bonds. The minimum atomic E-state index is -2.33. The lowest BCUT2D eigenvalue weighted by Crippen LogP contribution is -2.13. The van der Waals surface area contributed by atoms with E-state index in [1.807, 2.05) is 0 Å². The first kappa shape index (κ1) is 27.2. The highest BCUT2D eigenvalue weighted by Crippen LogP contribution is 2.30. The van der Waals surface area contributed by atoms with Crippen molar-refractivity contribution in [3.63, 3.8) is 0 Å². The number of rotatable bonds is 4. The SMILES string of the molecule is C=C(C)C(=O)Oc1c(F)c(F)c(F)c(F)c1F.C=CC(=O)Oc1c(F)c(F)c(F)c(F)c1F. The van der Waals surface area contributed by atoms with Crippen molar-refractivity contribution < 1.29 is 63.0 Å². The Balaban J connectivity index is 0.000000331. The van der Waals surface area contributed by atoms with Crippen molar-refractivity contribution in [1.29, 1.82) is 0 Å². The first-order valence-electron chi connectivity index (χ1n) is 7.92. The Bertz CT molecular complexity index is 1100. The zero-order valence-corrected chi connectivity index (χ0v) is 15.9. The molecule has 0 heterocycles. The fourth-order valence-corrected chi connectivity index (χ4v) is 1.67. The third-order valence-corrected chi connectivity index (χ3v) is 3.25. The molecule has 0 atom stereocenters. The van der Waals surface area contributed by atoms with Gasteiger partial charge in [-0.3, -0.25) is 0 Å². The summed E-state index contributed by atoms with van der Waals surface area (Å²) >= 11 is 0. The van der Waals surface area contributed by atoms with Gasteiger partial charge in [0, 0.05) is 11.6 Å². The summed E-state index contributed by atoms with van der Waals surface area (Å²) < 4.78 is 135. The predicted molar refractivity (Wildman–Crippen MR) is 88.7 cm³/mol. The molecule has 0 spiro atoms. The summed E-state index contributed by atoms with van der Waals surface area (Å²) in [6.45, 7) is 7.14. The zero-order valence-electron chi connectivity index (χ0n) is 15.9. The molecule has 178 valence electrons. The van der Waals surface area contributed by atoms with E-state index in [9.17, 15) is 53.5 Å². The molecule has 2 aromatic carbocycles. The molecule has 14 heteroatoms. The second kappa shape index (κ2) is 10.7. The van der Waals surface area contributed by atoms with Crippen molar-refractivity contribution >= 4 is 11.9 Å². The molecule has 0 saturated carbocycles. The molecule has 0 fully saturated rings. The third kappa shape index (κ3) is 5.70. The van der Waals surface area contributed by atoms with Gasteiger partial charge in [0.1, 0.15) is 0 Å². The van der Waals surface area contributed by atoms with Crippen LogP contribution in [-0.2, 0) is 9.59 Å². The number of esters is 2. The van der Waals surface area contributed by atoms with Gasteiger partial charge >= 0.3 is 11.9 Å². The summed E-state index contributed by atoms with van der Waals surface area (Å²) in [4.78, 5) is 21.5. The highest BCUT2D eigenvalue weighted by Gasteiger charge is 2.29. The maximum absolute atomic E-state index is 13.0. The van der Waals surface area contributed by atoms with Gasteiger partial charge in [0.05, 0.1) is 0 Å². The van der Waals surface area contributed by atoms with E-state index in [0.29, 0.717) is 6.08 Å². The Labute approximate surface area is 177 Å². The summed E-state index contributed by atoms with van der Waals surface area (Å²) in [5.74, 6) is -28.2. The molecule has 0 saturated heterocycles. The Morgan fingerprint density at radius 1 is 0.606 bits per heavy atom. The van der Waals surface area contributed by atoms with Crippen LogP contribution in [0.3, 0.4) is 0 Å². The molecular weight excluding hydrogens is 482 g/mol. The number of ether oxygens (including phenoxy) is 2. The van der Waals surface area contributed by atoms with Gasteiger partial charge in [-0.2, -0.15) is 17.6 Å². The van der Waals surface area contributed by atoms with Gasteiger partial charge in [-0.1, -0.05) is 13.2 Å². The van der Waals surface area contributed by atoms with Crippen LogP contribution in [0.5, 0.6) is 11.5 Å². The Kier molecular flexibility index (Phi) is 8.78. The smallest absolute Gasteiger partial charge is 0.338 e. The van der Waals surface area contributed by atoms with Crippen molar-refractivity contribution in [2.45, 2.75) is 6.92 Å². The number of benzene rings is 2. The third-order valence-electron chi connectivity index (χ3n) is 3.25. The van der Waals surface area contributed by atoms with E-state index in [-0.39, 0.29) is 5.57 Å². The van der Waals surface area contributed by atoms with Crippen molar-refractivity contribution in [1.82, 2.24) is 0 Å². The highest BCUT2D eigenvalue weighted by atomic mass is 19.2. The maximum atomic E-state index is 13.0. The number of halogens is 10. The van der Waals surface area contributed by atoms with Crippen LogP contribution in [0.25, 0.3) is 0 Å². The van der Waals surface area contributed by atoms with E-state index in [1.54, 1.807) is 0 Å². The van der Waals surface area contributed by atoms with Gasteiger partial charge in [0.2, 0.25) is 69.7 Å². The second-order valence-corrected chi connectivity index (χ2v) is 5.59. The van der Waals surface area contributed by atoms with Crippen LogP contribution in [0, 0.1) is 58.2 Å². The molecule has 0 unspecified atom stereocenters. The average Bonchev–Trinajstić information content (AvgIpc) is 2.79. The molecule has 0 aromatic heterocycles. The first-order chi connectivity index (χ1) is 15.2. The summed E-state index contributed by atoms with van der Waals surface area (Å²) in [6.07, 6.45) is 0.512. The van der Waals surface area contributed by atoms with Crippen LogP contribution in [0.15, 0.2) is 24.8 Å². The van der Waals surface area contributed by atoms with E-state index in [4.69, 9.17) is 0 Å². The van der Waals surface area contributed by atoms with Crippen LogP contribution in [-0.4, -0.2) is 11.9 Å². The highest BCUT2D eigenvalue weighted by molar-refractivity contribution is 5.88. The summed E-state index contributed by atoms with van der Waals surface area (Å²) in [5, 5.41) is 0. The molecule has 0 aliphatic carbocycles. The first-order valence-corrected chi connectivity index (χ1v) is 7.92. The van der Waals surface area contributed by atoms with E-state index in [2.05, 4.69) is 22.6 Å². The standard InChI is InChI=1S/C10H5F5O2.C9H3F5O2/c1-3(2)10(16)17-9-7(14)5(12)4(11)6(13)8(9)15;1-2-3(15)16-9-7(13)5(11)4(10)6(12)8(9)14/h1H2,2H3;2H,1H2. The quantitative estimate of drug-likeness (QED) is 0.145. The number of carbonyl (C=O) groups is 2. The summed E-state index contributed by atoms with van der Waals surface area (Å²) in [5.41, 5.74) is -0.256. The molecule has 2 rings (SSSR count). The van der Waals surface area contributed by atoms with Crippen molar-refractivity contribution in [3.8, 4) is 11.5 Å². The minimum Gasteiger partial charge on any atom is -0.417 e. The monoisotopic (exact) mass is 490 g/mol. The van der Waals surface area contributed by atoms with E-state index in [0.717, 1.165) is 6.92 Å². The Morgan fingerprint density at radius 2 is 0.879 bits per heavy atom. The van der Waals surface area contributed by atoms with Gasteiger partial charge in [0.25, 0.3) is 0 Å². The average molecular weight is 490 g/mol. The summed E-state index contributed by atoms with van der Waals surface area (Å²) in [6, 6.07) is 0. The number of hydrogen-bond donors (Lipinski definition) is 0. The van der Waals surface area contributed by atoms with E-state index < -0.39 is 81.6 Å². The van der Waals surface area contributed by atoms with Crippen molar-refractivity contribution in [3.05, 3.63) is 83.0 Å². The van der Waals surface area contributed by atoms with Gasteiger partial charge in [0.15, 0.2) is 0 Å². The zero-order chi connectivity index (χ0) is 25.8. The molecule has 0 radical (unpaired) electrons.